The summed E-state index contributed by atoms with van der Waals surface area (Å²) in [6.45, 7) is 6.92. The molecule has 4 amide bonds. The number of rotatable bonds is 2. The summed E-state index contributed by atoms with van der Waals surface area (Å²) in [5.74, 6) is 0. The van der Waals surface area contributed by atoms with Gasteiger partial charge in [-0.15, -0.1) is 0 Å². The lowest BCUT2D eigenvalue weighted by Gasteiger charge is -2.28. The molecule has 0 unspecified atom stereocenters. The van der Waals surface area contributed by atoms with Gasteiger partial charge in [0.2, 0.25) is 0 Å². The van der Waals surface area contributed by atoms with E-state index in [-0.39, 0.29) is 12.1 Å². The Bertz CT molecular complexity index is 611. The maximum absolute atomic E-state index is 12.5. The Labute approximate surface area is 155 Å². The minimum atomic E-state index is -0.0910. The minimum Gasteiger partial charge on any atom is -0.325 e. The molecule has 1 aromatic heterocycles. The van der Waals surface area contributed by atoms with Gasteiger partial charge in [-0.25, -0.2) is 9.59 Å². The van der Waals surface area contributed by atoms with Gasteiger partial charge in [0.05, 0.1) is 22.8 Å². The van der Waals surface area contributed by atoms with Crippen LogP contribution in [-0.2, 0) is 0 Å². The zero-order chi connectivity index (χ0) is 18.5. The van der Waals surface area contributed by atoms with Crippen molar-refractivity contribution < 1.29 is 9.59 Å². The van der Waals surface area contributed by atoms with Crippen LogP contribution in [0, 0.1) is 13.8 Å². The smallest absolute Gasteiger partial charge is 0.321 e. The van der Waals surface area contributed by atoms with Gasteiger partial charge in [0.15, 0.2) is 0 Å². The van der Waals surface area contributed by atoms with E-state index in [4.69, 9.17) is 0 Å². The Balaban J connectivity index is 1.69. The van der Waals surface area contributed by atoms with Gasteiger partial charge in [-0.2, -0.15) is 0 Å². The Morgan fingerprint density at radius 3 is 1.54 bits per heavy atom. The van der Waals surface area contributed by atoms with Crippen molar-refractivity contribution in [3.63, 3.8) is 0 Å². The molecular formula is C19H29N5O2. The number of aromatic nitrogens is 1. The van der Waals surface area contributed by atoms with Crippen molar-refractivity contribution >= 4 is 23.4 Å². The molecule has 7 heteroatoms. The maximum atomic E-state index is 12.5. The molecule has 0 radical (unpaired) electrons. The van der Waals surface area contributed by atoms with Crippen LogP contribution in [0.5, 0.6) is 0 Å². The number of aryl methyl sites for hydroxylation is 2. The molecule has 7 nitrogen and oxygen atoms in total. The van der Waals surface area contributed by atoms with Crippen molar-refractivity contribution in [3.8, 4) is 0 Å². The van der Waals surface area contributed by atoms with E-state index in [9.17, 15) is 9.59 Å². The molecule has 0 bridgehead atoms. The van der Waals surface area contributed by atoms with Crippen LogP contribution in [0.15, 0.2) is 6.07 Å². The van der Waals surface area contributed by atoms with Crippen molar-refractivity contribution in [1.29, 1.82) is 0 Å². The molecular weight excluding hydrogens is 330 g/mol. The number of pyridine rings is 1. The third-order valence-electron chi connectivity index (χ3n) is 5.17. The van der Waals surface area contributed by atoms with Crippen molar-refractivity contribution in [2.75, 3.05) is 36.8 Å². The zero-order valence-corrected chi connectivity index (χ0v) is 15.8. The van der Waals surface area contributed by atoms with E-state index in [0.29, 0.717) is 11.4 Å². The summed E-state index contributed by atoms with van der Waals surface area (Å²) < 4.78 is 0. The molecule has 0 atom stereocenters. The molecule has 0 spiro atoms. The molecule has 0 saturated carbocycles. The van der Waals surface area contributed by atoms with E-state index in [1.807, 2.05) is 29.7 Å². The summed E-state index contributed by atoms with van der Waals surface area (Å²) in [4.78, 5) is 33.1. The second kappa shape index (κ2) is 8.38. The van der Waals surface area contributed by atoms with Gasteiger partial charge in [-0.05, 0) is 58.4 Å². The predicted octanol–water partition coefficient (Wildman–Crippen LogP) is 3.73. The lowest BCUT2D eigenvalue weighted by atomic mass is 10.1. The van der Waals surface area contributed by atoms with Crippen LogP contribution in [0.3, 0.4) is 0 Å². The van der Waals surface area contributed by atoms with E-state index >= 15 is 0 Å². The summed E-state index contributed by atoms with van der Waals surface area (Å²) >= 11 is 0. The Morgan fingerprint density at radius 1 is 0.769 bits per heavy atom. The molecule has 2 aliphatic rings. The second-order valence-electron chi connectivity index (χ2n) is 7.21. The largest absolute Gasteiger partial charge is 0.325 e. The highest BCUT2D eigenvalue weighted by molar-refractivity contribution is 5.93. The molecule has 2 N–H and O–H groups in total. The van der Waals surface area contributed by atoms with Gasteiger partial charge < -0.3 is 20.4 Å². The number of hydrogen-bond acceptors (Lipinski definition) is 3. The first-order valence-electron chi connectivity index (χ1n) is 9.64. The molecule has 0 aromatic carbocycles. The first-order chi connectivity index (χ1) is 12.5. The summed E-state index contributed by atoms with van der Waals surface area (Å²) in [6, 6.07) is 1.64. The van der Waals surface area contributed by atoms with E-state index in [0.717, 1.165) is 63.3 Å². The Morgan fingerprint density at radius 2 is 1.15 bits per heavy atom. The molecule has 0 aliphatic carbocycles. The third-order valence-corrected chi connectivity index (χ3v) is 5.17. The predicted molar refractivity (Wildman–Crippen MR) is 103 cm³/mol. The summed E-state index contributed by atoms with van der Waals surface area (Å²) in [7, 11) is 0. The molecule has 3 rings (SSSR count). The number of urea groups is 2. The van der Waals surface area contributed by atoms with Gasteiger partial charge in [-0.3, -0.25) is 4.98 Å². The number of anilines is 2. The van der Waals surface area contributed by atoms with Crippen LogP contribution in [0.1, 0.15) is 49.9 Å². The Kier molecular flexibility index (Phi) is 5.96. The fourth-order valence-electron chi connectivity index (χ4n) is 3.56. The van der Waals surface area contributed by atoms with Crippen LogP contribution >= 0.6 is 0 Å². The van der Waals surface area contributed by atoms with E-state index in [1.165, 1.54) is 12.8 Å². The minimum absolute atomic E-state index is 0.0910. The normalized spacial score (nSPS) is 17.8. The van der Waals surface area contributed by atoms with Gasteiger partial charge >= 0.3 is 12.1 Å². The number of piperidine rings is 2. The quantitative estimate of drug-likeness (QED) is 0.844. The fraction of sp³-hybridized carbons (Fsp3) is 0.632. The topological polar surface area (TPSA) is 77.6 Å². The van der Waals surface area contributed by atoms with E-state index in [1.54, 1.807) is 0 Å². The number of carbonyl (C=O) groups excluding carboxylic acids is 2. The van der Waals surface area contributed by atoms with Crippen molar-refractivity contribution in [2.24, 2.45) is 0 Å². The lowest BCUT2D eigenvalue weighted by molar-refractivity contribution is 0.199. The standard InChI is InChI=1S/C19H29N5O2/c1-14-16(21-18(25)23-9-5-3-6-10-23)13-17(15(2)20-14)22-19(26)24-11-7-4-8-12-24/h13H,3-12H2,1-2H3,(H,21,25)(H,22,26). The first-order valence-corrected chi connectivity index (χ1v) is 9.64. The average Bonchev–Trinajstić information content (AvgIpc) is 2.66. The number of likely N-dealkylation sites (tertiary alicyclic amines) is 2. The second-order valence-corrected chi connectivity index (χ2v) is 7.21. The Hall–Kier alpha value is -2.31. The number of amides is 4. The van der Waals surface area contributed by atoms with Crippen LogP contribution in [-0.4, -0.2) is 53.0 Å². The highest BCUT2D eigenvalue weighted by Crippen LogP contribution is 2.23. The van der Waals surface area contributed by atoms with Gasteiger partial charge in [0.25, 0.3) is 0 Å². The van der Waals surface area contributed by atoms with Gasteiger partial charge in [0, 0.05) is 26.2 Å². The lowest BCUT2D eigenvalue weighted by Crippen LogP contribution is -2.39. The van der Waals surface area contributed by atoms with Gasteiger partial charge in [-0.1, -0.05) is 0 Å². The first kappa shape index (κ1) is 18.5. The number of nitrogens with one attached hydrogen (secondary N) is 2. The highest BCUT2D eigenvalue weighted by atomic mass is 16.2. The third kappa shape index (κ3) is 4.45. The van der Waals surface area contributed by atoms with Crippen molar-refractivity contribution in [2.45, 2.75) is 52.4 Å². The number of hydrogen-bond donors (Lipinski definition) is 2. The van der Waals surface area contributed by atoms with Gasteiger partial charge in [0.1, 0.15) is 0 Å². The van der Waals surface area contributed by atoms with Crippen LogP contribution < -0.4 is 10.6 Å². The molecule has 3 heterocycles. The SMILES string of the molecule is Cc1nc(C)c(NC(=O)N2CCCCC2)cc1NC(=O)N1CCCCC1. The maximum Gasteiger partial charge on any atom is 0.321 e. The van der Waals surface area contributed by atoms with E-state index < -0.39 is 0 Å². The van der Waals surface area contributed by atoms with Crippen LogP contribution in [0.2, 0.25) is 0 Å². The molecule has 142 valence electrons. The molecule has 2 aliphatic heterocycles. The molecule has 2 fully saturated rings. The monoisotopic (exact) mass is 359 g/mol. The molecule has 26 heavy (non-hydrogen) atoms. The fourth-order valence-corrected chi connectivity index (χ4v) is 3.56. The summed E-state index contributed by atoms with van der Waals surface area (Å²) in [6.07, 6.45) is 6.57. The summed E-state index contributed by atoms with van der Waals surface area (Å²) in [5, 5.41) is 5.92. The average molecular weight is 359 g/mol. The molecule has 2 saturated heterocycles. The number of nitrogens with zero attached hydrogens (tertiary/aromatic N) is 3. The molecule has 1 aromatic rings. The van der Waals surface area contributed by atoms with Crippen molar-refractivity contribution in [3.05, 3.63) is 17.5 Å². The number of carbonyl (C=O) groups is 2. The van der Waals surface area contributed by atoms with Crippen molar-refractivity contribution in [1.82, 2.24) is 14.8 Å². The highest BCUT2D eigenvalue weighted by Gasteiger charge is 2.20. The summed E-state index contributed by atoms with van der Waals surface area (Å²) in [5.41, 5.74) is 2.81. The zero-order valence-electron chi connectivity index (χ0n) is 15.8. The van der Waals surface area contributed by atoms with Crippen LogP contribution in [0.4, 0.5) is 21.0 Å². The van der Waals surface area contributed by atoms with Crippen LogP contribution in [0.25, 0.3) is 0 Å². The van der Waals surface area contributed by atoms with E-state index in [2.05, 4.69) is 15.6 Å².